The number of carbonyl (C=O) groups excluding carboxylic acids is 1. The Morgan fingerprint density at radius 2 is 1.86 bits per heavy atom. The fourth-order valence-electron chi connectivity index (χ4n) is 1.75. The molecule has 2 rings (SSSR count). The van der Waals surface area contributed by atoms with Crippen LogP contribution in [0.3, 0.4) is 0 Å². The first-order chi connectivity index (χ1) is 10.4. The lowest BCUT2D eigenvalue weighted by atomic mass is 10.1. The van der Waals surface area contributed by atoms with Crippen molar-refractivity contribution in [3.05, 3.63) is 65.0 Å². The first-order valence-corrected chi connectivity index (χ1v) is 6.63. The predicted octanol–water partition coefficient (Wildman–Crippen LogP) is 4.20. The lowest BCUT2D eigenvalue weighted by molar-refractivity contribution is -0.137. The number of nitrogens with zero attached hydrogens (tertiary/aromatic N) is 1. The number of pyridine rings is 1. The Labute approximate surface area is 129 Å². The Balaban J connectivity index is 1.92. The smallest absolute Gasteiger partial charge is 0.372 e. The van der Waals surface area contributed by atoms with Crippen LogP contribution in [0.5, 0.6) is 0 Å². The normalized spacial score (nSPS) is 11.5. The Bertz CT molecular complexity index is 657. The van der Waals surface area contributed by atoms with Gasteiger partial charge in [0.15, 0.2) is 0 Å². The van der Waals surface area contributed by atoms with Crippen molar-refractivity contribution in [2.75, 3.05) is 0 Å². The number of hydrogen-bond acceptors (Lipinski definition) is 3. The maximum absolute atomic E-state index is 12.6. The first kappa shape index (κ1) is 16.5. The highest BCUT2D eigenvalue weighted by Crippen LogP contribution is 2.29. The summed E-state index contributed by atoms with van der Waals surface area (Å²) in [6.45, 7) is 0.208. The van der Waals surface area contributed by atoms with Gasteiger partial charge in [-0.25, -0.2) is 0 Å². The second-order valence-electron chi connectivity index (χ2n) is 4.52. The first-order valence-electron chi connectivity index (χ1n) is 6.25. The van der Waals surface area contributed by atoms with E-state index in [-0.39, 0.29) is 18.9 Å². The largest absolute Gasteiger partial charge is 0.416 e. The van der Waals surface area contributed by atoms with Crippen molar-refractivity contribution in [3.8, 4) is 0 Å². The van der Waals surface area contributed by atoms with Crippen LogP contribution in [-0.2, 0) is 24.1 Å². The number of alkyl halides is 3. The van der Waals surface area contributed by atoms with Gasteiger partial charge in [0.1, 0.15) is 5.69 Å². The number of aromatic nitrogens is 1. The van der Waals surface area contributed by atoms with Crippen LogP contribution in [0.2, 0.25) is 0 Å². The van der Waals surface area contributed by atoms with Crippen LogP contribution in [0.4, 0.5) is 13.2 Å². The van der Waals surface area contributed by atoms with Gasteiger partial charge in [-0.15, -0.1) is 0 Å². The van der Waals surface area contributed by atoms with Crippen LogP contribution in [-0.4, -0.2) is 10.2 Å². The van der Waals surface area contributed by atoms with E-state index in [1.807, 2.05) is 0 Å². The van der Waals surface area contributed by atoms with Gasteiger partial charge in [0.05, 0.1) is 18.8 Å². The lowest BCUT2D eigenvalue weighted by Gasteiger charge is -2.09. The van der Waals surface area contributed by atoms with Gasteiger partial charge in [0, 0.05) is 6.20 Å². The average molecular weight is 330 g/mol. The van der Waals surface area contributed by atoms with E-state index in [1.54, 1.807) is 12.1 Å². The van der Waals surface area contributed by atoms with Crippen molar-refractivity contribution in [1.29, 1.82) is 0 Å². The van der Waals surface area contributed by atoms with Crippen LogP contribution in [0.25, 0.3) is 0 Å². The predicted molar refractivity (Wildman–Crippen MR) is 74.4 cm³/mol. The van der Waals surface area contributed by atoms with Crippen molar-refractivity contribution < 1.29 is 22.7 Å². The number of carbonyl (C=O) groups is 1. The van der Waals surface area contributed by atoms with Crippen LogP contribution in [0.1, 0.15) is 27.2 Å². The zero-order valence-electron chi connectivity index (χ0n) is 11.2. The van der Waals surface area contributed by atoms with Gasteiger partial charge in [-0.05, 0) is 40.9 Å². The summed E-state index contributed by atoms with van der Waals surface area (Å²) in [5.74, 6) is 0. The molecule has 0 saturated carbocycles. The molecule has 0 N–H and O–H groups in total. The van der Waals surface area contributed by atoms with E-state index < -0.39 is 17.0 Å². The Hall–Kier alpha value is -1.92. The number of ether oxygens (including phenoxy) is 1. The number of hydrogen-bond donors (Lipinski definition) is 0. The minimum atomic E-state index is -4.37. The molecule has 0 atom stereocenters. The van der Waals surface area contributed by atoms with Crippen molar-refractivity contribution in [3.63, 3.8) is 0 Å². The molecule has 0 aliphatic carbocycles. The summed E-state index contributed by atoms with van der Waals surface area (Å²) < 4.78 is 43.1. The summed E-state index contributed by atoms with van der Waals surface area (Å²) in [4.78, 5) is 14.7. The van der Waals surface area contributed by atoms with Gasteiger partial charge in [-0.1, -0.05) is 18.2 Å². The molecule has 2 aromatic rings. The van der Waals surface area contributed by atoms with Gasteiger partial charge in [0.25, 0.3) is 5.24 Å². The molecular formula is C15H11ClF3NO2. The van der Waals surface area contributed by atoms with Gasteiger partial charge < -0.3 is 4.74 Å². The standard InChI is InChI=1S/C15H11ClF3NO2/c16-14(21)13-5-4-11(7-20-13)9-22-8-10-2-1-3-12(6-10)15(17,18)19/h1-7H,8-9H2. The van der Waals surface area contributed by atoms with E-state index in [4.69, 9.17) is 16.3 Å². The maximum atomic E-state index is 12.6. The van der Waals surface area contributed by atoms with Crippen LogP contribution < -0.4 is 0 Å². The molecule has 7 heteroatoms. The maximum Gasteiger partial charge on any atom is 0.416 e. The zero-order valence-corrected chi connectivity index (χ0v) is 12.0. The highest BCUT2D eigenvalue weighted by Gasteiger charge is 2.30. The molecule has 3 nitrogen and oxygen atoms in total. The summed E-state index contributed by atoms with van der Waals surface area (Å²) in [6.07, 6.45) is -2.94. The van der Waals surface area contributed by atoms with Crippen LogP contribution >= 0.6 is 11.6 Å². The summed E-state index contributed by atoms with van der Waals surface area (Å²) >= 11 is 5.27. The summed E-state index contributed by atoms with van der Waals surface area (Å²) in [6, 6.07) is 8.03. The molecule has 0 aliphatic heterocycles. The minimum Gasteiger partial charge on any atom is -0.372 e. The molecule has 0 saturated heterocycles. The van der Waals surface area contributed by atoms with E-state index >= 15 is 0 Å². The zero-order chi connectivity index (χ0) is 16.2. The van der Waals surface area contributed by atoms with E-state index in [0.29, 0.717) is 11.1 Å². The Kier molecular flexibility index (Phi) is 5.15. The average Bonchev–Trinajstić information content (AvgIpc) is 2.47. The molecule has 1 aromatic carbocycles. The van der Waals surface area contributed by atoms with E-state index in [2.05, 4.69) is 4.98 Å². The van der Waals surface area contributed by atoms with Crippen molar-refractivity contribution in [1.82, 2.24) is 4.98 Å². The fourth-order valence-corrected chi connectivity index (χ4v) is 1.86. The topological polar surface area (TPSA) is 39.2 Å². The summed E-state index contributed by atoms with van der Waals surface area (Å²) in [5.41, 5.74) is 0.535. The molecule has 0 unspecified atom stereocenters. The van der Waals surface area contributed by atoms with Gasteiger partial charge >= 0.3 is 6.18 Å². The summed E-state index contributed by atoms with van der Waals surface area (Å²) in [7, 11) is 0. The van der Waals surface area contributed by atoms with Gasteiger partial charge in [-0.3, -0.25) is 9.78 Å². The third-order valence-corrected chi connectivity index (χ3v) is 3.01. The lowest BCUT2D eigenvalue weighted by Crippen LogP contribution is -2.05. The Morgan fingerprint density at radius 3 is 2.45 bits per heavy atom. The third kappa shape index (κ3) is 4.54. The number of benzene rings is 1. The molecule has 1 aromatic heterocycles. The molecule has 0 bridgehead atoms. The van der Waals surface area contributed by atoms with E-state index in [1.165, 1.54) is 18.3 Å². The highest BCUT2D eigenvalue weighted by atomic mass is 35.5. The number of rotatable bonds is 5. The highest BCUT2D eigenvalue weighted by molar-refractivity contribution is 6.67. The Morgan fingerprint density at radius 1 is 1.14 bits per heavy atom. The monoisotopic (exact) mass is 329 g/mol. The molecule has 22 heavy (non-hydrogen) atoms. The summed E-state index contributed by atoms with van der Waals surface area (Å²) in [5, 5.41) is -0.656. The second kappa shape index (κ2) is 6.89. The van der Waals surface area contributed by atoms with Crippen LogP contribution in [0, 0.1) is 0 Å². The molecule has 0 amide bonds. The quantitative estimate of drug-likeness (QED) is 0.772. The van der Waals surface area contributed by atoms with Crippen molar-refractivity contribution in [2.24, 2.45) is 0 Å². The van der Waals surface area contributed by atoms with Crippen LogP contribution in [0.15, 0.2) is 42.6 Å². The van der Waals surface area contributed by atoms with E-state index in [0.717, 1.165) is 12.1 Å². The van der Waals surface area contributed by atoms with E-state index in [9.17, 15) is 18.0 Å². The fraction of sp³-hybridized carbons (Fsp3) is 0.200. The molecular weight excluding hydrogens is 319 g/mol. The third-order valence-electron chi connectivity index (χ3n) is 2.82. The molecule has 0 radical (unpaired) electrons. The minimum absolute atomic E-state index is 0.0418. The van der Waals surface area contributed by atoms with Crippen molar-refractivity contribution in [2.45, 2.75) is 19.4 Å². The van der Waals surface area contributed by atoms with Gasteiger partial charge in [-0.2, -0.15) is 13.2 Å². The molecule has 0 aliphatic rings. The molecule has 0 spiro atoms. The number of halogens is 4. The van der Waals surface area contributed by atoms with Crippen molar-refractivity contribution >= 4 is 16.8 Å². The second-order valence-corrected chi connectivity index (χ2v) is 4.86. The molecule has 116 valence electrons. The van der Waals surface area contributed by atoms with Gasteiger partial charge in [0.2, 0.25) is 0 Å². The molecule has 0 fully saturated rings. The SMILES string of the molecule is O=C(Cl)c1ccc(COCc2cccc(C(F)(F)F)c2)cn1. The molecule has 1 heterocycles.